The number of carbonyl (C=O) groups excluding carboxylic acids is 1. The molecular weight excluding hydrogens is 342 g/mol. The summed E-state index contributed by atoms with van der Waals surface area (Å²) in [7, 11) is 0. The Morgan fingerprint density at radius 2 is 2.32 bits per heavy atom. The van der Waals surface area contributed by atoms with Crippen molar-refractivity contribution in [3.63, 3.8) is 0 Å². The van der Waals surface area contributed by atoms with E-state index in [0.29, 0.717) is 18.1 Å². The van der Waals surface area contributed by atoms with Crippen molar-refractivity contribution in [2.45, 2.75) is 13.1 Å². The van der Waals surface area contributed by atoms with Gasteiger partial charge in [-0.25, -0.2) is 9.79 Å². The molecule has 8 nitrogen and oxygen atoms in total. The van der Waals surface area contributed by atoms with Gasteiger partial charge in [0.05, 0.1) is 23.2 Å². The van der Waals surface area contributed by atoms with Gasteiger partial charge in [-0.15, -0.1) is 0 Å². The van der Waals surface area contributed by atoms with E-state index in [0.717, 1.165) is 32.8 Å². The first-order valence-corrected chi connectivity index (χ1v) is 8.53. The highest BCUT2D eigenvalue weighted by Crippen LogP contribution is 2.26. The fourth-order valence-electron chi connectivity index (χ4n) is 2.69. The van der Waals surface area contributed by atoms with Gasteiger partial charge in [-0.05, 0) is 31.2 Å². The maximum absolute atomic E-state index is 11.9. The lowest BCUT2D eigenvalue weighted by Gasteiger charge is -2.21. The Kier molecular flexibility index (Phi) is 3.77. The van der Waals surface area contributed by atoms with Crippen molar-refractivity contribution >= 4 is 39.5 Å². The Hall–Kier alpha value is -3.07. The number of hydrogen-bond acceptors (Lipinski definition) is 8. The van der Waals surface area contributed by atoms with E-state index in [1.807, 2.05) is 18.2 Å². The van der Waals surface area contributed by atoms with Crippen LogP contribution in [0.3, 0.4) is 0 Å². The van der Waals surface area contributed by atoms with Crippen molar-refractivity contribution in [2.24, 2.45) is 4.99 Å². The first kappa shape index (κ1) is 15.5. The number of hydrogen-bond donors (Lipinski definition) is 4. The van der Waals surface area contributed by atoms with Crippen LogP contribution in [0.25, 0.3) is 10.2 Å². The maximum Gasteiger partial charge on any atom is 0.354 e. The van der Waals surface area contributed by atoms with Gasteiger partial charge in [0, 0.05) is 11.3 Å². The number of anilines is 1. The molecular formula is C16H15N5O3S. The third-order valence-corrected chi connectivity index (χ3v) is 4.64. The van der Waals surface area contributed by atoms with Crippen molar-refractivity contribution in [2.75, 3.05) is 11.9 Å². The van der Waals surface area contributed by atoms with Crippen molar-refractivity contribution in [3.8, 4) is 0 Å². The van der Waals surface area contributed by atoms with E-state index in [-0.39, 0.29) is 11.0 Å². The minimum absolute atomic E-state index is 0.0869. The van der Waals surface area contributed by atoms with Gasteiger partial charge in [0.1, 0.15) is 17.7 Å². The highest BCUT2D eigenvalue weighted by molar-refractivity contribution is 7.16. The monoisotopic (exact) mass is 357 g/mol. The Morgan fingerprint density at radius 3 is 3.16 bits per heavy atom. The second kappa shape index (κ2) is 6.10. The minimum Gasteiger partial charge on any atom is -0.461 e. The number of benzene rings is 1. The van der Waals surface area contributed by atoms with Gasteiger partial charge in [0.2, 0.25) is 0 Å². The van der Waals surface area contributed by atoms with Gasteiger partial charge in [-0.2, -0.15) is 0 Å². The summed E-state index contributed by atoms with van der Waals surface area (Å²) in [5, 5.41) is 9.36. The topological polar surface area (TPSA) is 108 Å². The van der Waals surface area contributed by atoms with Crippen LogP contribution in [0, 0.1) is 0 Å². The number of H-pyrrole nitrogens is 1. The average Bonchev–Trinajstić information content (AvgIpc) is 3.18. The summed E-state index contributed by atoms with van der Waals surface area (Å²) in [6, 6.07) is 5.59. The summed E-state index contributed by atoms with van der Waals surface area (Å²) in [6.45, 7) is 2.08. The van der Waals surface area contributed by atoms with E-state index in [1.54, 1.807) is 19.3 Å². The highest BCUT2D eigenvalue weighted by Gasteiger charge is 2.29. The first-order chi connectivity index (χ1) is 12.1. The third kappa shape index (κ3) is 2.89. The molecule has 0 amide bonds. The highest BCUT2D eigenvalue weighted by atomic mass is 32.1. The van der Waals surface area contributed by atoms with Gasteiger partial charge < -0.3 is 25.7 Å². The largest absolute Gasteiger partial charge is 0.461 e. The number of thiazole rings is 1. The molecule has 25 heavy (non-hydrogen) atoms. The minimum atomic E-state index is -0.399. The molecule has 1 aromatic heterocycles. The molecule has 4 rings (SSSR count). The Balaban J connectivity index is 1.65. The molecule has 0 bridgehead atoms. The number of carbonyl (C=O) groups is 1. The number of ether oxygens (including phenoxy) is 1. The lowest BCUT2D eigenvalue weighted by atomic mass is 10.2. The zero-order chi connectivity index (χ0) is 17.4. The van der Waals surface area contributed by atoms with Gasteiger partial charge in [0.25, 0.3) is 0 Å². The number of aromatic nitrogens is 1. The fraction of sp³-hybridized carbons (Fsp3) is 0.188. The number of esters is 1. The molecule has 1 atom stereocenters. The van der Waals surface area contributed by atoms with E-state index in [4.69, 9.17) is 4.74 Å². The van der Waals surface area contributed by atoms with Crippen LogP contribution in [-0.2, 0) is 9.53 Å². The summed E-state index contributed by atoms with van der Waals surface area (Å²) in [6.07, 6.45) is 3.05. The summed E-state index contributed by atoms with van der Waals surface area (Å²) < 4.78 is 5.89. The van der Waals surface area contributed by atoms with Crippen molar-refractivity contribution in [3.05, 3.63) is 51.0 Å². The zero-order valence-electron chi connectivity index (χ0n) is 13.3. The summed E-state index contributed by atoms with van der Waals surface area (Å²) in [5.74, 6) is 0.224. The average molecular weight is 357 g/mol. The van der Waals surface area contributed by atoms with Crippen LogP contribution in [0.15, 0.2) is 51.2 Å². The molecule has 1 unspecified atom stereocenters. The molecule has 9 heteroatoms. The lowest BCUT2D eigenvalue weighted by Crippen LogP contribution is -2.42. The molecule has 0 radical (unpaired) electrons. The van der Waals surface area contributed by atoms with Crippen LogP contribution < -0.4 is 20.8 Å². The zero-order valence-corrected chi connectivity index (χ0v) is 14.1. The summed E-state index contributed by atoms with van der Waals surface area (Å²) in [5.41, 5.74) is 2.81. The quantitative estimate of drug-likeness (QED) is 0.613. The van der Waals surface area contributed by atoms with Gasteiger partial charge in [-0.3, -0.25) is 4.79 Å². The molecule has 0 fully saturated rings. The van der Waals surface area contributed by atoms with Crippen LogP contribution >= 0.6 is 11.3 Å². The fourth-order valence-corrected chi connectivity index (χ4v) is 3.47. The van der Waals surface area contributed by atoms with Crippen LogP contribution in [0.2, 0.25) is 0 Å². The molecule has 3 heterocycles. The molecule has 1 aromatic carbocycles. The van der Waals surface area contributed by atoms with E-state index in [9.17, 15) is 9.59 Å². The maximum atomic E-state index is 11.9. The number of fused-ring (bicyclic) bond motifs is 2. The molecule has 128 valence electrons. The van der Waals surface area contributed by atoms with Gasteiger partial charge >= 0.3 is 10.8 Å². The van der Waals surface area contributed by atoms with E-state index in [1.165, 1.54) is 0 Å². The predicted octanol–water partition coefficient (Wildman–Crippen LogP) is 1.22. The molecule has 0 spiro atoms. The summed E-state index contributed by atoms with van der Waals surface area (Å²) in [4.78, 5) is 30.3. The smallest absolute Gasteiger partial charge is 0.354 e. The van der Waals surface area contributed by atoms with E-state index >= 15 is 0 Å². The number of aromatic amines is 1. The molecule has 2 aliphatic rings. The third-order valence-electron chi connectivity index (χ3n) is 3.80. The van der Waals surface area contributed by atoms with Crippen LogP contribution in [-0.4, -0.2) is 30.1 Å². The number of rotatable bonds is 4. The molecule has 0 saturated heterocycles. The number of aliphatic imine (C=N–C) groups is 1. The SMILES string of the molecule is CCOC(=O)C1=CC2=C(Nc3ccc4[nH]c(=O)sc4c3)N=CNC2N1. The molecule has 0 saturated carbocycles. The van der Waals surface area contributed by atoms with Gasteiger partial charge in [0.15, 0.2) is 0 Å². The van der Waals surface area contributed by atoms with Gasteiger partial charge in [-0.1, -0.05) is 11.3 Å². The molecule has 2 aliphatic heterocycles. The molecule has 4 N–H and O–H groups in total. The first-order valence-electron chi connectivity index (χ1n) is 7.72. The van der Waals surface area contributed by atoms with Crippen molar-refractivity contribution in [1.82, 2.24) is 15.6 Å². The Labute approximate surface area is 146 Å². The Morgan fingerprint density at radius 1 is 1.44 bits per heavy atom. The van der Waals surface area contributed by atoms with E-state index < -0.39 is 5.97 Å². The van der Waals surface area contributed by atoms with Crippen LogP contribution in [0.4, 0.5) is 5.69 Å². The molecule has 2 aromatic rings. The number of nitrogens with one attached hydrogen (secondary N) is 4. The van der Waals surface area contributed by atoms with Crippen LogP contribution in [0.5, 0.6) is 0 Å². The van der Waals surface area contributed by atoms with Crippen molar-refractivity contribution in [1.29, 1.82) is 0 Å². The second-order valence-corrected chi connectivity index (χ2v) is 6.45. The standard InChI is InChI=1S/C16H15N5O3S/c1-2-24-15(22)11-6-9-13(17-7-18-14(9)20-11)19-8-3-4-10-12(5-8)25-16(23)21-10/h3-7,14,19-20H,2H2,1H3,(H,17,18)(H,21,23). The normalized spacial score (nSPS) is 18.4. The van der Waals surface area contributed by atoms with Crippen LogP contribution in [0.1, 0.15) is 6.92 Å². The Bertz CT molecular complexity index is 1000. The summed E-state index contributed by atoms with van der Waals surface area (Å²) >= 11 is 1.15. The lowest BCUT2D eigenvalue weighted by molar-refractivity contribution is -0.138. The molecule has 0 aliphatic carbocycles. The van der Waals surface area contributed by atoms with Crippen molar-refractivity contribution < 1.29 is 9.53 Å². The predicted molar refractivity (Wildman–Crippen MR) is 96.4 cm³/mol. The van der Waals surface area contributed by atoms with E-state index in [2.05, 4.69) is 25.9 Å². The second-order valence-electron chi connectivity index (χ2n) is 5.44. The number of nitrogens with zero attached hydrogens (tertiary/aromatic N) is 1.